The Balaban J connectivity index is 3.71. The number of aliphatic hydroxyl groups is 3. The lowest BCUT2D eigenvalue weighted by Crippen LogP contribution is -2.36. The van der Waals surface area contributed by atoms with E-state index in [1.807, 2.05) is 6.08 Å². The van der Waals surface area contributed by atoms with Gasteiger partial charge in [-0.3, -0.25) is 4.79 Å². The molecule has 136 valence electrons. The van der Waals surface area contributed by atoms with Crippen LogP contribution in [0.25, 0.3) is 0 Å². The van der Waals surface area contributed by atoms with Gasteiger partial charge in [0, 0.05) is 6.42 Å². The van der Waals surface area contributed by atoms with Crippen LogP contribution in [0.15, 0.2) is 12.2 Å². The molecule has 0 aromatic rings. The number of hydrogen-bond donors (Lipinski definition) is 4. The standard InChI is InChI=1S/C18H34O5/c1-2-3-4-6-9-12-15(19)18(23)16(20)13-10-7-5-8-11-14-17(21)22/h9,12,15-16,18-20,23H,2-8,10-11,13-14H2,1H3,(H,21,22). The summed E-state index contributed by atoms with van der Waals surface area (Å²) in [4.78, 5) is 10.4. The van der Waals surface area contributed by atoms with E-state index in [4.69, 9.17) is 5.11 Å². The molecule has 5 heteroatoms. The summed E-state index contributed by atoms with van der Waals surface area (Å²) in [6, 6.07) is 0. The number of carboxylic acids is 1. The third-order valence-corrected chi connectivity index (χ3v) is 3.94. The van der Waals surface area contributed by atoms with Crippen molar-refractivity contribution in [2.45, 2.75) is 95.9 Å². The van der Waals surface area contributed by atoms with Gasteiger partial charge < -0.3 is 20.4 Å². The van der Waals surface area contributed by atoms with Gasteiger partial charge >= 0.3 is 5.97 Å². The summed E-state index contributed by atoms with van der Waals surface area (Å²) in [7, 11) is 0. The molecule has 23 heavy (non-hydrogen) atoms. The Hall–Kier alpha value is -0.910. The fourth-order valence-corrected chi connectivity index (χ4v) is 2.42. The highest BCUT2D eigenvalue weighted by atomic mass is 16.4. The molecule has 0 heterocycles. The number of aliphatic hydroxyl groups excluding tert-OH is 3. The molecule has 0 aliphatic carbocycles. The summed E-state index contributed by atoms with van der Waals surface area (Å²) in [5.41, 5.74) is 0. The van der Waals surface area contributed by atoms with E-state index in [-0.39, 0.29) is 6.42 Å². The van der Waals surface area contributed by atoms with Gasteiger partial charge in [0.15, 0.2) is 0 Å². The third-order valence-electron chi connectivity index (χ3n) is 3.94. The van der Waals surface area contributed by atoms with Crippen molar-refractivity contribution in [3.05, 3.63) is 12.2 Å². The first-order valence-electron chi connectivity index (χ1n) is 8.91. The first-order valence-corrected chi connectivity index (χ1v) is 8.91. The molecule has 0 aromatic carbocycles. The molecule has 4 N–H and O–H groups in total. The smallest absolute Gasteiger partial charge is 0.303 e. The zero-order valence-electron chi connectivity index (χ0n) is 14.4. The van der Waals surface area contributed by atoms with Gasteiger partial charge in [0.25, 0.3) is 0 Å². The van der Waals surface area contributed by atoms with Gasteiger partial charge in [0.1, 0.15) is 12.2 Å². The van der Waals surface area contributed by atoms with E-state index in [0.29, 0.717) is 12.8 Å². The number of carbonyl (C=O) groups is 1. The van der Waals surface area contributed by atoms with Gasteiger partial charge in [0.2, 0.25) is 0 Å². The van der Waals surface area contributed by atoms with Crippen LogP contribution in [0.3, 0.4) is 0 Å². The van der Waals surface area contributed by atoms with E-state index in [1.54, 1.807) is 6.08 Å². The second-order valence-corrected chi connectivity index (χ2v) is 6.17. The Morgan fingerprint density at radius 2 is 1.61 bits per heavy atom. The molecule has 0 radical (unpaired) electrons. The van der Waals surface area contributed by atoms with Crippen LogP contribution in [0, 0.1) is 0 Å². The lowest BCUT2D eigenvalue weighted by Gasteiger charge is -2.20. The topological polar surface area (TPSA) is 98.0 Å². The maximum absolute atomic E-state index is 10.4. The largest absolute Gasteiger partial charge is 0.481 e. The summed E-state index contributed by atoms with van der Waals surface area (Å²) < 4.78 is 0. The summed E-state index contributed by atoms with van der Waals surface area (Å²) in [5, 5.41) is 38.1. The Bertz CT molecular complexity index is 317. The molecule has 0 aromatic heterocycles. The molecular weight excluding hydrogens is 296 g/mol. The average Bonchev–Trinajstić information content (AvgIpc) is 2.52. The van der Waals surface area contributed by atoms with Crippen LogP contribution in [-0.2, 0) is 4.79 Å². The molecule has 0 amide bonds. The molecule has 3 atom stereocenters. The zero-order valence-corrected chi connectivity index (χ0v) is 14.4. The first kappa shape index (κ1) is 22.1. The Morgan fingerprint density at radius 3 is 2.26 bits per heavy atom. The normalized spacial score (nSPS) is 15.7. The predicted octanol–water partition coefficient (Wildman–Crippen LogP) is 3.02. The lowest BCUT2D eigenvalue weighted by atomic mass is 10.0. The molecule has 3 unspecified atom stereocenters. The zero-order chi connectivity index (χ0) is 17.5. The second kappa shape index (κ2) is 14.7. The molecule has 0 saturated carbocycles. The van der Waals surface area contributed by atoms with Gasteiger partial charge in [-0.25, -0.2) is 0 Å². The van der Waals surface area contributed by atoms with Crippen LogP contribution in [-0.4, -0.2) is 44.7 Å². The quantitative estimate of drug-likeness (QED) is 0.273. The van der Waals surface area contributed by atoms with Gasteiger partial charge in [-0.2, -0.15) is 0 Å². The monoisotopic (exact) mass is 330 g/mol. The predicted molar refractivity (Wildman–Crippen MR) is 91.3 cm³/mol. The van der Waals surface area contributed by atoms with E-state index < -0.39 is 24.3 Å². The highest BCUT2D eigenvalue weighted by Gasteiger charge is 2.21. The summed E-state index contributed by atoms with van der Waals surface area (Å²) in [5.74, 6) is -0.764. The van der Waals surface area contributed by atoms with Gasteiger partial charge in [-0.15, -0.1) is 0 Å². The molecule has 0 saturated heterocycles. The number of allylic oxidation sites excluding steroid dienone is 1. The van der Waals surface area contributed by atoms with E-state index in [9.17, 15) is 20.1 Å². The Kier molecular flexibility index (Phi) is 14.1. The summed E-state index contributed by atoms with van der Waals surface area (Å²) in [6.45, 7) is 2.13. The van der Waals surface area contributed by atoms with Crippen LogP contribution in [0.1, 0.15) is 77.6 Å². The van der Waals surface area contributed by atoms with Crippen molar-refractivity contribution < 1.29 is 25.2 Å². The molecule has 0 rings (SSSR count). The fraction of sp³-hybridized carbons (Fsp3) is 0.833. The van der Waals surface area contributed by atoms with Crippen LogP contribution < -0.4 is 0 Å². The average molecular weight is 330 g/mol. The lowest BCUT2D eigenvalue weighted by molar-refractivity contribution is -0.137. The van der Waals surface area contributed by atoms with Crippen LogP contribution in [0.2, 0.25) is 0 Å². The third kappa shape index (κ3) is 13.2. The Morgan fingerprint density at radius 1 is 0.957 bits per heavy atom. The summed E-state index contributed by atoms with van der Waals surface area (Å²) in [6.07, 6.45) is 9.36. The maximum Gasteiger partial charge on any atom is 0.303 e. The fourth-order valence-electron chi connectivity index (χ4n) is 2.42. The van der Waals surface area contributed by atoms with Crippen molar-refractivity contribution in [1.82, 2.24) is 0 Å². The van der Waals surface area contributed by atoms with E-state index in [1.165, 1.54) is 0 Å². The van der Waals surface area contributed by atoms with Crippen molar-refractivity contribution in [2.24, 2.45) is 0 Å². The minimum Gasteiger partial charge on any atom is -0.481 e. The Labute approximate surface area is 140 Å². The van der Waals surface area contributed by atoms with Crippen LogP contribution in [0.4, 0.5) is 0 Å². The van der Waals surface area contributed by atoms with Gasteiger partial charge in [0.05, 0.1) is 6.10 Å². The van der Waals surface area contributed by atoms with E-state index in [0.717, 1.165) is 51.4 Å². The van der Waals surface area contributed by atoms with E-state index in [2.05, 4.69) is 6.92 Å². The van der Waals surface area contributed by atoms with Gasteiger partial charge in [-0.05, 0) is 25.7 Å². The molecular formula is C18H34O5. The number of carboxylic acid groups (broad SMARTS) is 1. The number of rotatable bonds is 15. The van der Waals surface area contributed by atoms with Crippen molar-refractivity contribution in [3.63, 3.8) is 0 Å². The molecule has 0 spiro atoms. The highest BCUT2D eigenvalue weighted by molar-refractivity contribution is 5.66. The molecule has 0 aliphatic heterocycles. The van der Waals surface area contributed by atoms with Gasteiger partial charge in [-0.1, -0.05) is 57.6 Å². The molecule has 5 nitrogen and oxygen atoms in total. The van der Waals surface area contributed by atoms with Crippen LogP contribution in [0.5, 0.6) is 0 Å². The van der Waals surface area contributed by atoms with Crippen molar-refractivity contribution >= 4 is 5.97 Å². The number of unbranched alkanes of at least 4 members (excludes halogenated alkanes) is 7. The molecule has 0 fully saturated rings. The minimum atomic E-state index is -1.15. The highest BCUT2D eigenvalue weighted by Crippen LogP contribution is 2.13. The van der Waals surface area contributed by atoms with Crippen molar-refractivity contribution in [2.75, 3.05) is 0 Å². The second-order valence-electron chi connectivity index (χ2n) is 6.17. The minimum absolute atomic E-state index is 0.206. The number of hydrogen-bond acceptors (Lipinski definition) is 4. The summed E-state index contributed by atoms with van der Waals surface area (Å²) >= 11 is 0. The molecule has 0 bridgehead atoms. The van der Waals surface area contributed by atoms with Crippen LogP contribution >= 0.6 is 0 Å². The maximum atomic E-state index is 10.4. The SMILES string of the molecule is CCCCCC=CC(O)C(O)C(O)CCCCCCCC(=O)O. The van der Waals surface area contributed by atoms with Crippen molar-refractivity contribution in [3.8, 4) is 0 Å². The van der Waals surface area contributed by atoms with Crippen molar-refractivity contribution in [1.29, 1.82) is 0 Å². The molecule has 0 aliphatic rings. The number of aliphatic carboxylic acids is 1. The first-order chi connectivity index (χ1) is 11.0. The van der Waals surface area contributed by atoms with E-state index >= 15 is 0 Å².